The van der Waals surface area contributed by atoms with Gasteiger partial charge in [-0.25, -0.2) is 0 Å². The Morgan fingerprint density at radius 3 is 2.00 bits per heavy atom. The van der Waals surface area contributed by atoms with E-state index in [0.717, 1.165) is 45.4 Å². The highest BCUT2D eigenvalue weighted by Crippen LogP contribution is 2.39. The number of azo groups is 2. The summed E-state index contributed by atoms with van der Waals surface area (Å²) in [5.74, 6) is 0.143. The van der Waals surface area contributed by atoms with Gasteiger partial charge >= 0.3 is 0 Å². The number of hydrogen-bond donors (Lipinski definition) is 2. The van der Waals surface area contributed by atoms with Gasteiger partial charge in [0.1, 0.15) is 5.69 Å². The first kappa shape index (κ1) is 22.9. The molecule has 4 rings (SSSR count). The molecule has 2 N–H and O–H groups in total. The summed E-state index contributed by atoms with van der Waals surface area (Å²) in [6.07, 6.45) is 4.08. The number of phenolic OH excluding ortho intramolecular Hbond substituents is 1. The van der Waals surface area contributed by atoms with E-state index < -0.39 is 0 Å². The summed E-state index contributed by atoms with van der Waals surface area (Å²) < 4.78 is 0. The van der Waals surface area contributed by atoms with Gasteiger partial charge in [-0.15, -0.1) is 5.11 Å². The van der Waals surface area contributed by atoms with Crippen LogP contribution in [0.4, 0.5) is 22.7 Å². The fourth-order valence-electron chi connectivity index (χ4n) is 3.66. The van der Waals surface area contributed by atoms with E-state index in [-0.39, 0.29) is 5.75 Å². The first-order valence-corrected chi connectivity index (χ1v) is 11.2. The molecule has 0 saturated heterocycles. The molecule has 0 saturated carbocycles. The van der Waals surface area contributed by atoms with Crippen LogP contribution in [0.15, 0.2) is 93.3 Å². The highest BCUT2D eigenvalue weighted by atomic mass is 16.3. The van der Waals surface area contributed by atoms with Crippen molar-refractivity contribution in [3.8, 4) is 5.75 Å². The number of phenols is 1. The van der Waals surface area contributed by atoms with Crippen LogP contribution in [0.25, 0.3) is 22.9 Å². The van der Waals surface area contributed by atoms with Crippen molar-refractivity contribution in [1.82, 2.24) is 0 Å². The lowest BCUT2D eigenvalue weighted by molar-refractivity contribution is 0.482. The molecule has 0 fully saturated rings. The monoisotopic (exact) mass is 449 g/mol. The van der Waals surface area contributed by atoms with Crippen molar-refractivity contribution in [3.63, 3.8) is 0 Å². The molecular weight excluding hydrogens is 422 g/mol. The van der Waals surface area contributed by atoms with Crippen molar-refractivity contribution >= 4 is 45.7 Å². The smallest absolute Gasteiger partial charge is 0.151 e. The van der Waals surface area contributed by atoms with Crippen LogP contribution in [0.3, 0.4) is 0 Å². The second-order valence-electron chi connectivity index (χ2n) is 7.87. The van der Waals surface area contributed by atoms with Gasteiger partial charge in [0.25, 0.3) is 0 Å². The zero-order chi connectivity index (χ0) is 23.9. The summed E-state index contributed by atoms with van der Waals surface area (Å²) in [7, 11) is 1.66. The Labute approximate surface area is 199 Å². The highest BCUT2D eigenvalue weighted by molar-refractivity contribution is 5.95. The van der Waals surface area contributed by atoms with Crippen LogP contribution in [0, 0.1) is 6.92 Å². The minimum absolute atomic E-state index is 0.143. The largest absolute Gasteiger partial charge is 0.505 e. The Morgan fingerprint density at radius 2 is 1.41 bits per heavy atom. The van der Waals surface area contributed by atoms with E-state index in [4.69, 9.17) is 0 Å². The van der Waals surface area contributed by atoms with Gasteiger partial charge in [-0.3, -0.25) is 0 Å². The highest BCUT2D eigenvalue weighted by Gasteiger charge is 2.11. The van der Waals surface area contributed by atoms with Crippen LogP contribution in [-0.2, 0) is 0 Å². The summed E-state index contributed by atoms with van der Waals surface area (Å²) in [4.78, 5) is 0. The summed E-state index contributed by atoms with van der Waals surface area (Å²) in [5.41, 5.74) is 6.00. The SMILES string of the molecule is CCNc1ccc2cc(C)c(N=Nc3ccc(C=Cc4ccc(N=NC)cc4)cc3)c(O)c2c1. The Hall–Kier alpha value is -4.32. The van der Waals surface area contributed by atoms with Crippen molar-refractivity contribution in [2.45, 2.75) is 13.8 Å². The van der Waals surface area contributed by atoms with Crippen LogP contribution in [-0.4, -0.2) is 18.7 Å². The van der Waals surface area contributed by atoms with Crippen molar-refractivity contribution < 1.29 is 5.11 Å². The Balaban J connectivity index is 1.51. The maximum atomic E-state index is 10.9. The number of nitrogens with zero attached hydrogens (tertiary/aromatic N) is 4. The summed E-state index contributed by atoms with van der Waals surface area (Å²) in [5, 5.41) is 32.4. The Bertz CT molecular complexity index is 1370. The molecule has 0 atom stereocenters. The third-order valence-corrected chi connectivity index (χ3v) is 5.39. The zero-order valence-corrected chi connectivity index (χ0v) is 19.5. The van der Waals surface area contributed by atoms with E-state index in [9.17, 15) is 5.11 Å². The summed E-state index contributed by atoms with van der Waals surface area (Å²) >= 11 is 0. The fourth-order valence-corrected chi connectivity index (χ4v) is 3.66. The third-order valence-electron chi connectivity index (χ3n) is 5.39. The topological polar surface area (TPSA) is 81.7 Å². The zero-order valence-electron chi connectivity index (χ0n) is 19.5. The van der Waals surface area contributed by atoms with Crippen LogP contribution < -0.4 is 5.32 Å². The van der Waals surface area contributed by atoms with E-state index in [0.29, 0.717) is 11.4 Å². The molecule has 34 heavy (non-hydrogen) atoms. The molecule has 170 valence electrons. The Morgan fingerprint density at radius 1 is 0.794 bits per heavy atom. The molecule has 0 aliphatic heterocycles. The molecule has 0 spiro atoms. The van der Waals surface area contributed by atoms with Gasteiger partial charge < -0.3 is 10.4 Å². The fraction of sp³-hybridized carbons (Fsp3) is 0.143. The number of nitrogens with one attached hydrogen (secondary N) is 1. The maximum absolute atomic E-state index is 10.9. The quantitative estimate of drug-likeness (QED) is 0.219. The minimum atomic E-state index is 0.143. The molecule has 0 bridgehead atoms. The number of aromatic hydroxyl groups is 1. The van der Waals surface area contributed by atoms with Crippen molar-refractivity contribution in [2.75, 3.05) is 18.9 Å². The van der Waals surface area contributed by atoms with Crippen molar-refractivity contribution in [2.24, 2.45) is 20.5 Å². The molecule has 0 aliphatic carbocycles. The van der Waals surface area contributed by atoms with E-state index in [1.54, 1.807) is 7.05 Å². The number of fused-ring (bicyclic) bond motifs is 1. The van der Waals surface area contributed by atoms with Gasteiger partial charge in [0.2, 0.25) is 0 Å². The lowest BCUT2D eigenvalue weighted by Gasteiger charge is -2.10. The van der Waals surface area contributed by atoms with Crippen molar-refractivity contribution in [3.05, 3.63) is 89.5 Å². The number of benzene rings is 4. The molecule has 6 nitrogen and oxygen atoms in total. The number of rotatable bonds is 7. The van der Waals surface area contributed by atoms with Gasteiger partial charge in [0.05, 0.1) is 11.4 Å². The second kappa shape index (κ2) is 10.5. The van der Waals surface area contributed by atoms with Gasteiger partial charge in [-0.2, -0.15) is 15.3 Å². The normalized spacial score (nSPS) is 11.9. The summed E-state index contributed by atoms with van der Waals surface area (Å²) in [6.45, 7) is 4.78. The molecule has 4 aromatic rings. The number of aryl methyl sites for hydroxylation is 1. The van der Waals surface area contributed by atoms with Gasteiger partial charge in [-0.1, -0.05) is 42.5 Å². The van der Waals surface area contributed by atoms with Gasteiger partial charge in [0, 0.05) is 24.7 Å². The number of anilines is 1. The predicted molar refractivity (Wildman–Crippen MR) is 141 cm³/mol. The van der Waals surface area contributed by atoms with E-state index in [1.807, 2.05) is 98.8 Å². The average molecular weight is 450 g/mol. The second-order valence-corrected chi connectivity index (χ2v) is 7.87. The third kappa shape index (κ3) is 5.35. The van der Waals surface area contributed by atoms with E-state index in [1.165, 1.54) is 0 Å². The van der Waals surface area contributed by atoms with Crippen LogP contribution in [0.2, 0.25) is 0 Å². The van der Waals surface area contributed by atoms with E-state index >= 15 is 0 Å². The van der Waals surface area contributed by atoms with Crippen molar-refractivity contribution in [1.29, 1.82) is 0 Å². The van der Waals surface area contributed by atoms with Crippen LogP contribution >= 0.6 is 0 Å². The van der Waals surface area contributed by atoms with Crippen LogP contribution in [0.5, 0.6) is 5.75 Å². The molecule has 4 aromatic carbocycles. The molecule has 0 unspecified atom stereocenters. The van der Waals surface area contributed by atoms with Gasteiger partial charge in [-0.05, 0) is 78.4 Å². The number of hydrogen-bond acceptors (Lipinski definition) is 6. The molecule has 0 amide bonds. The first-order valence-electron chi connectivity index (χ1n) is 11.2. The standard InChI is InChI=1S/C28H27N5O/c1-4-30-25-16-11-22-17-19(2)27(28(34)26(22)18-25)33-32-24-14-9-21(10-15-24)6-5-20-7-12-23(13-8-20)31-29-3/h5-18,30,34H,4H2,1-3H3. The maximum Gasteiger partial charge on any atom is 0.151 e. The molecule has 0 radical (unpaired) electrons. The molecular formula is C28H27N5O. The van der Waals surface area contributed by atoms with E-state index in [2.05, 4.69) is 25.8 Å². The lowest BCUT2D eigenvalue weighted by atomic mass is 10.0. The first-order chi connectivity index (χ1) is 16.6. The lowest BCUT2D eigenvalue weighted by Crippen LogP contribution is -1.95. The average Bonchev–Trinajstić information content (AvgIpc) is 2.85. The molecule has 0 heterocycles. The van der Waals surface area contributed by atoms with Crippen LogP contribution in [0.1, 0.15) is 23.6 Å². The van der Waals surface area contributed by atoms with Gasteiger partial charge in [0.15, 0.2) is 5.75 Å². The molecule has 6 heteroatoms. The minimum Gasteiger partial charge on any atom is -0.505 e. The summed E-state index contributed by atoms with van der Waals surface area (Å²) in [6, 6.07) is 23.6. The Kier molecular flexibility index (Phi) is 7.08. The molecule has 0 aromatic heterocycles. The molecule has 0 aliphatic rings. The predicted octanol–water partition coefficient (Wildman–Crippen LogP) is 8.58.